The van der Waals surface area contributed by atoms with Crippen molar-refractivity contribution in [3.63, 3.8) is 0 Å². The molecule has 1 aromatic carbocycles. The minimum Gasteiger partial charge on any atom is -0.394 e. The van der Waals surface area contributed by atoms with E-state index < -0.39 is 6.04 Å². The number of amides is 1. The highest BCUT2D eigenvalue weighted by molar-refractivity contribution is 5.99. The monoisotopic (exact) mass is 296 g/mol. The standard InChI is InChI=1S/C16H16N4O2/c1-11-7-8-20-15(18-11)13(9-17-20)16(22)19-14(10-21)12-5-3-2-4-6-12/h2-9,14,21H,10H2,1H3,(H,19,22)/t14-/m1/s1. The molecule has 6 nitrogen and oxygen atoms in total. The number of aromatic nitrogens is 3. The summed E-state index contributed by atoms with van der Waals surface area (Å²) in [5.41, 5.74) is 2.54. The van der Waals surface area contributed by atoms with Crippen LogP contribution in [0.5, 0.6) is 0 Å². The fourth-order valence-corrected chi connectivity index (χ4v) is 2.27. The van der Waals surface area contributed by atoms with E-state index in [9.17, 15) is 9.90 Å². The van der Waals surface area contributed by atoms with Crippen LogP contribution in [0.4, 0.5) is 0 Å². The Balaban J connectivity index is 1.88. The van der Waals surface area contributed by atoms with Crippen LogP contribution in [0.15, 0.2) is 48.8 Å². The quantitative estimate of drug-likeness (QED) is 0.764. The third-order valence-corrected chi connectivity index (χ3v) is 3.44. The number of aryl methyl sites for hydroxylation is 1. The van der Waals surface area contributed by atoms with Crippen LogP contribution in [0.3, 0.4) is 0 Å². The summed E-state index contributed by atoms with van der Waals surface area (Å²) in [7, 11) is 0. The highest BCUT2D eigenvalue weighted by Gasteiger charge is 2.18. The van der Waals surface area contributed by atoms with Crippen LogP contribution in [-0.4, -0.2) is 32.2 Å². The average Bonchev–Trinajstić information content (AvgIpc) is 2.96. The van der Waals surface area contributed by atoms with Gasteiger partial charge in [0.05, 0.1) is 18.8 Å². The summed E-state index contributed by atoms with van der Waals surface area (Å²) >= 11 is 0. The van der Waals surface area contributed by atoms with Gasteiger partial charge in [-0.1, -0.05) is 30.3 Å². The Hall–Kier alpha value is -2.73. The molecule has 1 atom stereocenters. The number of nitrogens with zero attached hydrogens (tertiary/aromatic N) is 3. The lowest BCUT2D eigenvalue weighted by Gasteiger charge is -2.16. The summed E-state index contributed by atoms with van der Waals surface area (Å²) in [6.07, 6.45) is 3.24. The lowest BCUT2D eigenvalue weighted by atomic mass is 10.1. The van der Waals surface area contributed by atoms with Gasteiger partial charge in [0.2, 0.25) is 0 Å². The average molecular weight is 296 g/mol. The molecule has 3 rings (SSSR count). The van der Waals surface area contributed by atoms with E-state index in [0.29, 0.717) is 11.2 Å². The maximum atomic E-state index is 12.5. The molecule has 0 aliphatic heterocycles. The Morgan fingerprint density at radius 1 is 1.32 bits per heavy atom. The van der Waals surface area contributed by atoms with E-state index in [1.807, 2.05) is 43.3 Å². The van der Waals surface area contributed by atoms with Gasteiger partial charge in [-0.3, -0.25) is 4.79 Å². The highest BCUT2D eigenvalue weighted by Crippen LogP contribution is 2.14. The molecule has 22 heavy (non-hydrogen) atoms. The van der Waals surface area contributed by atoms with Crippen LogP contribution >= 0.6 is 0 Å². The van der Waals surface area contributed by atoms with Gasteiger partial charge in [0.15, 0.2) is 5.65 Å². The molecule has 1 amide bonds. The number of benzene rings is 1. The van der Waals surface area contributed by atoms with E-state index in [-0.39, 0.29) is 12.5 Å². The molecule has 0 saturated heterocycles. The second-order valence-electron chi connectivity index (χ2n) is 5.01. The molecule has 112 valence electrons. The Morgan fingerprint density at radius 3 is 2.82 bits per heavy atom. The van der Waals surface area contributed by atoms with E-state index in [0.717, 1.165) is 11.3 Å². The van der Waals surface area contributed by atoms with Crippen LogP contribution in [0.2, 0.25) is 0 Å². The summed E-state index contributed by atoms with van der Waals surface area (Å²) in [6, 6.07) is 10.7. The first-order valence-corrected chi connectivity index (χ1v) is 6.96. The van der Waals surface area contributed by atoms with Gasteiger partial charge in [0, 0.05) is 11.9 Å². The molecule has 0 aliphatic rings. The first-order valence-electron chi connectivity index (χ1n) is 6.96. The largest absolute Gasteiger partial charge is 0.394 e. The number of nitrogens with one attached hydrogen (secondary N) is 1. The molecule has 0 unspecified atom stereocenters. The maximum Gasteiger partial charge on any atom is 0.257 e. The number of hydrogen-bond donors (Lipinski definition) is 2. The van der Waals surface area contributed by atoms with Crippen molar-refractivity contribution in [1.29, 1.82) is 0 Å². The van der Waals surface area contributed by atoms with E-state index in [1.54, 1.807) is 10.7 Å². The second kappa shape index (κ2) is 5.95. The Labute approximate surface area is 127 Å². The fourth-order valence-electron chi connectivity index (χ4n) is 2.27. The van der Waals surface area contributed by atoms with Crippen LogP contribution in [0, 0.1) is 6.92 Å². The SMILES string of the molecule is Cc1ccn2ncc(C(=O)N[C@H](CO)c3ccccc3)c2n1. The number of aliphatic hydroxyl groups excluding tert-OH is 1. The summed E-state index contributed by atoms with van der Waals surface area (Å²) < 4.78 is 1.55. The van der Waals surface area contributed by atoms with E-state index in [2.05, 4.69) is 15.4 Å². The van der Waals surface area contributed by atoms with Crippen molar-refractivity contribution in [2.45, 2.75) is 13.0 Å². The molecular weight excluding hydrogens is 280 g/mol. The number of carbonyl (C=O) groups excluding carboxylic acids is 1. The van der Waals surface area contributed by atoms with Crippen molar-refractivity contribution in [2.75, 3.05) is 6.61 Å². The lowest BCUT2D eigenvalue weighted by Crippen LogP contribution is -2.30. The lowest BCUT2D eigenvalue weighted by molar-refractivity contribution is 0.0917. The molecule has 3 aromatic rings. The second-order valence-corrected chi connectivity index (χ2v) is 5.01. The van der Waals surface area contributed by atoms with Crippen molar-refractivity contribution in [1.82, 2.24) is 19.9 Å². The summed E-state index contributed by atoms with van der Waals surface area (Å²) in [5, 5.41) is 16.5. The number of aliphatic hydroxyl groups is 1. The zero-order chi connectivity index (χ0) is 15.5. The van der Waals surface area contributed by atoms with Crippen LogP contribution in [0.25, 0.3) is 5.65 Å². The van der Waals surface area contributed by atoms with Crippen LogP contribution < -0.4 is 5.32 Å². The molecule has 6 heteroatoms. The molecule has 0 radical (unpaired) electrons. The molecule has 2 aromatic heterocycles. The summed E-state index contributed by atoms with van der Waals surface area (Å²) in [4.78, 5) is 16.8. The molecule has 0 saturated carbocycles. The minimum atomic E-state index is -0.464. The van der Waals surface area contributed by atoms with Gasteiger partial charge in [-0.05, 0) is 18.6 Å². The zero-order valence-corrected chi connectivity index (χ0v) is 12.1. The van der Waals surface area contributed by atoms with Gasteiger partial charge >= 0.3 is 0 Å². The topological polar surface area (TPSA) is 79.5 Å². The minimum absolute atomic E-state index is 0.179. The Kier molecular flexibility index (Phi) is 3.84. The number of rotatable bonds is 4. The van der Waals surface area contributed by atoms with Gasteiger partial charge in [0.25, 0.3) is 5.91 Å². The van der Waals surface area contributed by atoms with E-state index >= 15 is 0 Å². The van der Waals surface area contributed by atoms with E-state index in [4.69, 9.17) is 0 Å². The zero-order valence-electron chi connectivity index (χ0n) is 12.1. The summed E-state index contributed by atoms with van der Waals surface area (Å²) in [5.74, 6) is -0.309. The van der Waals surface area contributed by atoms with Crippen LogP contribution in [-0.2, 0) is 0 Å². The van der Waals surface area contributed by atoms with Gasteiger partial charge < -0.3 is 10.4 Å². The summed E-state index contributed by atoms with van der Waals surface area (Å²) in [6.45, 7) is 1.68. The Morgan fingerprint density at radius 2 is 2.09 bits per heavy atom. The predicted octanol–water partition coefficient (Wildman–Crippen LogP) is 1.50. The molecule has 2 heterocycles. The Bertz CT molecular complexity index is 798. The van der Waals surface area contributed by atoms with Crippen molar-refractivity contribution in [2.24, 2.45) is 0 Å². The van der Waals surface area contributed by atoms with E-state index in [1.165, 1.54) is 6.20 Å². The van der Waals surface area contributed by atoms with Gasteiger partial charge in [-0.2, -0.15) is 5.10 Å². The third-order valence-electron chi connectivity index (χ3n) is 3.44. The third kappa shape index (κ3) is 2.68. The van der Waals surface area contributed by atoms with Gasteiger partial charge in [-0.15, -0.1) is 0 Å². The molecule has 0 spiro atoms. The fraction of sp³-hybridized carbons (Fsp3) is 0.188. The molecule has 2 N–H and O–H groups in total. The number of fused-ring (bicyclic) bond motifs is 1. The van der Waals surface area contributed by atoms with Crippen molar-refractivity contribution < 1.29 is 9.90 Å². The van der Waals surface area contributed by atoms with Crippen molar-refractivity contribution in [3.05, 3.63) is 65.6 Å². The van der Waals surface area contributed by atoms with Crippen molar-refractivity contribution >= 4 is 11.6 Å². The maximum absolute atomic E-state index is 12.5. The molecule has 0 fully saturated rings. The molecule has 0 bridgehead atoms. The number of hydrogen-bond acceptors (Lipinski definition) is 4. The van der Waals surface area contributed by atoms with Crippen LogP contribution in [0.1, 0.15) is 27.7 Å². The van der Waals surface area contributed by atoms with Gasteiger partial charge in [0.1, 0.15) is 5.56 Å². The van der Waals surface area contributed by atoms with Crippen molar-refractivity contribution in [3.8, 4) is 0 Å². The normalized spacial score (nSPS) is 12.3. The number of carbonyl (C=O) groups is 1. The molecular formula is C16H16N4O2. The first-order chi connectivity index (χ1) is 10.7. The molecule has 0 aliphatic carbocycles. The predicted molar refractivity (Wildman–Crippen MR) is 81.5 cm³/mol. The first kappa shape index (κ1) is 14.2. The van der Waals surface area contributed by atoms with Gasteiger partial charge in [-0.25, -0.2) is 9.50 Å². The highest BCUT2D eigenvalue weighted by atomic mass is 16.3. The smallest absolute Gasteiger partial charge is 0.257 e.